The van der Waals surface area contributed by atoms with E-state index in [0.717, 1.165) is 24.0 Å². The third-order valence-corrected chi connectivity index (χ3v) is 4.24. The molecule has 0 aliphatic heterocycles. The highest BCUT2D eigenvalue weighted by Gasteiger charge is 2.22. The number of carbonyl (C=O) groups is 2. The molecule has 0 unspecified atom stereocenters. The summed E-state index contributed by atoms with van der Waals surface area (Å²) in [5.74, 6) is -0.175. The lowest BCUT2D eigenvalue weighted by atomic mass is 9.86. The Balaban J connectivity index is 2.38. The molecule has 0 aliphatic carbocycles. The maximum Gasteiger partial charge on any atom is 0.410 e. The van der Waals surface area contributed by atoms with Gasteiger partial charge in [-0.15, -0.1) is 0 Å². The molecule has 0 fully saturated rings. The summed E-state index contributed by atoms with van der Waals surface area (Å²) in [6.45, 7) is 10.0. The Morgan fingerprint density at radius 1 is 1.04 bits per heavy atom. The number of hydrogen-bond donors (Lipinski definition) is 1. The number of ether oxygens (including phenoxy) is 2. The second-order valence-electron chi connectivity index (χ2n) is 7.63. The molecule has 0 saturated carbocycles. The van der Waals surface area contributed by atoms with Crippen LogP contribution < -0.4 is 15.2 Å². The lowest BCUT2D eigenvalue weighted by Gasteiger charge is -2.22. The van der Waals surface area contributed by atoms with E-state index in [1.807, 2.05) is 18.2 Å². The maximum absolute atomic E-state index is 12.6. The Kier molecular flexibility index (Phi) is 6.26. The van der Waals surface area contributed by atoms with Crippen molar-refractivity contribution in [3.8, 4) is 11.5 Å². The van der Waals surface area contributed by atoms with Crippen LogP contribution in [0.5, 0.6) is 11.5 Å². The minimum absolute atomic E-state index is 0.159. The van der Waals surface area contributed by atoms with E-state index in [4.69, 9.17) is 15.2 Å². The number of esters is 1. The van der Waals surface area contributed by atoms with E-state index in [9.17, 15) is 9.59 Å². The van der Waals surface area contributed by atoms with Crippen LogP contribution in [0.4, 0.5) is 4.79 Å². The van der Waals surface area contributed by atoms with Crippen LogP contribution >= 0.6 is 0 Å². The number of aryl methyl sites for hydroxylation is 2. The van der Waals surface area contributed by atoms with Gasteiger partial charge in [0.15, 0.2) is 11.5 Å². The smallest absolute Gasteiger partial charge is 0.410 e. The second-order valence-corrected chi connectivity index (χ2v) is 7.63. The van der Waals surface area contributed by atoms with Gasteiger partial charge in [-0.2, -0.15) is 0 Å². The van der Waals surface area contributed by atoms with Crippen LogP contribution in [0.1, 0.15) is 61.2 Å². The lowest BCUT2D eigenvalue weighted by Crippen LogP contribution is -2.19. The summed E-state index contributed by atoms with van der Waals surface area (Å²) in [6.07, 6.45) is 1.04. The van der Waals surface area contributed by atoms with E-state index in [0.29, 0.717) is 11.1 Å². The molecule has 5 heteroatoms. The van der Waals surface area contributed by atoms with Crippen LogP contribution in [-0.2, 0) is 11.8 Å². The van der Waals surface area contributed by atoms with Crippen molar-refractivity contribution in [2.24, 2.45) is 5.73 Å². The molecule has 0 saturated heterocycles. The molecule has 0 aromatic heterocycles. The number of amides is 1. The third-order valence-electron chi connectivity index (χ3n) is 4.24. The molecule has 2 rings (SSSR count). The number of benzene rings is 2. The SMILES string of the molecule is CCCc1ccc(C(=O)Oc2cc(C(C)(C)C)cc(C)c2OC(N)=O)cc1. The van der Waals surface area contributed by atoms with Gasteiger partial charge >= 0.3 is 12.1 Å². The van der Waals surface area contributed by atoms with Crippen LogP contribution in [0, 0.1) is 6.92 Å². The van der Waals surface area contributed by atoms with Gasteiger partial charge < -0.3 is 15.2 Å². The highest BCUT2D eigenvalue weighted by Crippen LogP contribution is 2.37. The molecule has 1 amide bonds. The molecule has 144 valence electrons. The lowest BCUT2D eigenvalue weighted by molar-refractivity contribution is 0.0729. The average Bonchev–Trinajstić information content (AvgIpc) is 2.57. The zero-order chi connectivity index (χ0) is 20.2. The van der Waals surface area contributed by atoms with E-state index in [-0.39, 0.29) is 16.9 Å². The molecule has 2 aromatic carbocycles. The van der Waals surface area contributed by atoms with Gasteiger partial charge in [-0.05, 0) is 53.6 Å². The molecule has 27 heavy (non-hydrogen) atoms. The van der Waals surface area contributed by atoms with Gasteiger partial charge in [0.25, 0.3) is 0 Å². The molecule has 0 spiro atoms. The Hall–Kier alpha value is -2.82. The van der Waals surface area contributed by atoms with Crippen molar-refractivity contribution in [2.75, 3.05) is 0 Å². The fraction of sp³-hybridized carbons (Fsp3) is 0.364. The minimum Gasteiger partial charge on any atom is -0.419 e. The minimum atomic E-state index is -0.956. The summed E-state index contributed by atoms with van der Waals surface area (Å²) in [7, 11) is 0. The van der Waals surface area contributed by atoms with Gasteiger partial charge in [0, 0.05) is 0 Å². The highest BCUT2D eigenvalue weighted by atomic mass is 16.6. The van der Waals surface area contributed by atoms with Crippen LogP contribution in [0.3, 0.4) is 0 Å². The first-order chi connectivity index (χ1) is 12.6. The van der Waals surface area contributed by atoms with Gasteiger partial charge in [-0.25, -0.2) is 9.59 Å². The van der Waals surface area contributed by atoms with Crippen LogP contribution in [0.25, 0.3) is 0 Å². The first-order valence-corrected chi connectivity index (χ1v) is 9.05. The Labute approximate surface area is 160 Å². The predicted octanol–water partition coefficient (Wildman–Crippen LogP) is 4.92. The fourth-order valence-electron chi connectivity index (χ4n) is 2.74. The van der Waals surface area contributed by atoms with E-state index in [1.54, 1.807) is 25.1 Å². The van der Waals surface area contributed by atoms with Crippen molar-refractivity contribution in [2.45, 2.75) is 52.9 Å². The molecular formula is C22H27NO4. The quantitative estimate of drug-likeness (QED) is 0.599. The van der Waals surface area contributed by atoms with Gasteiger partial charge in [-0.3, -0.25) is 0 Å². The number of rotatable bonds is 5. The summed E-state index contributed by atoms with van der Waals surface area (Å²) in [6, 6.07) is 10.9. The number of carbonyl (C=O) groups excluding carboxylic acids is 2. The number of primary amides is 1. The molecule has 0 radical (unpaired) electrons. The van der Waals surface area contributed by atoms with Crippen molar-refractivity contribution in [3.05, 3.63) is 58.7 Å². The average molecular weight is 369 g/mol. The molecular weight excluding hydrogens is 342 g/mol. The van der Waals surface area contributed by atoms with Crippen molar-refractivity contribution in [1.29, 1.82) is 0 Å². The molecule has 0 bridgehead atoms. The van der Waals surface area contributed by atoms with Gasteiger partial charge in [-0.1, -0.05) is 52.3 Å². The standard InChI is InChI=1S/C22H27NO4/c1-6-7-15-8-10-16(11-9-15)20(24)26-18-13-17(22(3,4)5)12-14(2)19(18)27-21(23)25/h8-13H,6-7H2,1-5H3,(H2,23,25). The molecule has 0 atom stereocenters. The van der Waals surface area contributed by atoms with Gasteiger partial charge in [0.1, 0.15) is 0 Å². The second kappa shape index (κ2) is 8.25. The molecule has 2 N–H and O–H groups in total. The molecule has 0 aliphatic rings. The third kappa shape index (κ3) is 5.33. The van der Waals surface area contributed by atoms with Crippen LogP contribution in [-0.4, -0.2) is 12.1 Å². The number of nitrogens with two attached hydrogens (primary N) is 1. The van der Waals surface area contributed by atoms with E-state index >= 15 is 0 Å². The zero-order valence-electron chi connectivity index (χ0n) is 16.6. The van der Waals surface area contributed by atoms with Crippen molar-refractivity contribution < 1.29 is 19.1 Å². The Bertz CT molecular complexity index is 833. The van der Waals surface area contributed by atoms with Gasteiger partial charge in [0.05, 0.1) is 5.56 Å². The predicted molar refractivity (Wildman–Crippen MR) is 105 cm³/mol. The summed E-state index contributed by atoms with van der Waals surface area (Å²) >= 11 is 0. The van der Waals surface area contributed by atoms with Crippen molar-refractivity contribution in [1.82, 2.24) is 0 Å². The van der Waals surface area contributed by atoms with E-state index < -0.39 is 12.1 Å². The zero-order valence-corrected chi connectivity index (χ0v) is 16.6. The van der Waals surface area contributed by atoms with Gasteiger partial charge in [0.2, 0.25) is 0 Å². The fourth-order valence-corrected chi connectivity index (χ4v) is 2.74. The summed E-state index contributed by atoms with van der Waals surface area (Å²) in [5.41, 5.74) is 8.22. The highest BCUT2D eigenvalue weighted by molar-refractivity contribution is 5.91. The first-order valence-electron chi connectivity index (χ1n) is 9.05. The summed E-state index contributed by atoms with van der Waals surface area (Å²) in [5, 5.41) is 0. The number of hydrogen-bond acceptors (Lipinski definition) is 4. The van der Waals surface area contributed by atoms with E-state index in [2.05, 4.69) is 27.7 Å². The molecule has 0 heterocycles. The molecule has 5 nitrogen and oxygen atoms in total. The molecule has 2 aromatic rings. The summed E-state index contributed by atoms with van der Waals surface area (Å²) in [4.78, 5) is 23.9. The maximum atomic E-state index is 12.6. The summed E-state index contributed by atoms with van der Waals surface area (Å²) < 4.78 is 10.7. The van der Waals surface area contributed by atoms with Crippen molar-refractivity contribution >= 4 is 12.1 Å². The normalized spacial score (nSPS) is 11.1. The Morgan fingerprint density at radius 2 is 1.67 bits per heavy atom. The van der Waals surface area contributed by atoms with Crippen molar-refractivity contribution in [3.63, 3.8) is 0 Å². The van der Waals surface area contributed by atoms with Crippen LogP contribution in [0.2, 0.25) is 0 Å². The first kappa shape index (κ1) is 20.5. The monoisotopic (exact) mass is 369 g/mol. The Morgan fingerprint density at radius 3 is 2.19 bits per heavy atom. The van der Waals surface area contributed by atoms with E-state index in [1.165, 1.54) is 0 Å². The largest absolute Gasteiger partial charge is 0.419 e. The van der Waals surface area contributed by atoms with Crippen LogP contribution in [0.15, 0.2) is 36.4 Å². The topological polar surface area (TPSA) is 78.6 Å².